The fourth-order valence-electron chi connectivity index (χ4n) is 6.33. The maximum atomic E-state index is 6.88. The molecule has 0 saturated carbocycles. The molecule has 0 atom stereocenters. The van der Waals surface area contributed by atoms with Crippen LogP contribution in [0.15, 0.2) is 156 Å². The number of para-hydroxylation sites is 1. The molecule has 0 amide bonds. The molecular formula is C41H25N3O. The van der Waals surface area contributed by atoms with Crippen LogP contribution in [0.3, 0.4) is 0 Å². The third-order valence-electron chi connectivity index (χ3n) is 8.49. The zero-order valence-electron chi connectivity index (χ0n) is 24.2. The van der Waals surface area contributed by atoms with E-state index in [1.54, 1.807) is 0 Å². The molecule has 0 spiro atoms. The normalized spacial score (nSPS) is 11.6. The van der Waals surface area contributed by atoms with Crippen molar-refractivity contribution in [1.29, 1.82) is 0 Å². The standard InChI is InChI=1S/C41H25N3O/c1-3-13-27(14-4-1)36-32-19-10-9-18-30(32)25-35-33-20-11-21-34(37(33)45-38(35)36)41-43-39(28-15-5-2-6-16-28)42-40(44-41)31-23-22-26-12-7-8-17-29(26)24-31/h1-25H. The molecule has 4 heteroatoms. The lowest BCUT2D eigenvalue weighted by atomic mass is 9.95. The van der Waals surface area contributed by atoms with Crippen molar-refractivity contribution in [2.24, 2.45) is 0 Å². The van der Waals surface area contributed by atoms with Gasteiger partial charge in [0, 0.05) is 27.5 Å². The van der Waals surface area contributed by atoms with Crippen LogP contribution in [-0.4, -0.2) is 15.0 Å². The van der Waals surface area contributed by atoms with Gasteiger partial charge in [-0.3, -0.25) is 0 Å². The Hall–Kier alpha value is -6.13. The number of fused-ring (bicyclic) bond motifs is 5. The van der Waals surface area contributed by atoms with E-state index >= 15 is 0 Å². The minimum Gasteiger partial charge on any atom is -0.455 e. The zero-order chi connectivity index (χ0) is 29.7. The zero-order valence-corrected chi connectivity index (χ0v) is 24.2. The van der Waals surface area contributed by atoms with E-state index < -0.39 is 0 Å². The van der Waals surface area contributed by atoms with Crippen molar-refractivity contribution >= 4 is 43.5 Å². The van der Waals surface area contributed by atoms with Crippen molar-refractivity contribution in [3.8, 4) is 45.3 Å². The van der Waals surface area contributed by atoms with Gasteiger partial charge in [0.1, 0.15) is 11.2 Å². The van der Waals surface area contributed by atoms with Crippen molar-refractivity contribution in [3.05, 3.63) is 152 Å². The molecule has 0 radical (unpaired) electrons. The molecule has 7 aromatic carbocycles. The van der Waals surface area contributed by atoms with E-state index in [1.807, 2.05) is 42.5 Å². The summed E-state index contributed by atoms with van der Waals surface area (Å²) >= 11 is 0. The van der Waals surface area contributed by atoms with E-state index in [4.69, 9.17) is 19.4 Å². The van der Waals surface area contributed by atoms with Crippen molar-refractivity contribution < 1.29 is 4.42 Å². The van der Waals surface area contributed by atoms with Gasteiger partial charge in [-0.1, -0.05) is 133 Å². The summed E-state index contributed by atoms with van der Waals surface area (Å²) in [6.45, 7) is 0. The van der Waals surface area contributed by atoms with E-state index in [9.17, 15) is 0 Å². The van der Waals surface area contributed by atoms with Crippen molar-refractivity contribution in [2.45, 2.75) is 0 Å². The number of benzene rings is 7. The Labute approximate surface area is 259 Å². The van der Waals surface area contributed by atoms with E-state index in [0.29, 0.717) is 17.5 Å². The number of furan rings is 1. The molecule has 9 aromatic rings. The quantitative estimate of drug-likeness (QED) is 0.209. The van der Waals surface area contributed by atoms with Crippen LogP contribution in [-0.2, 0) is 0 Å². The lowest BCUT2D eigenvalue weighted by Gasteiger charge is -2.09. The molecule has 0 saturated heterocycles. The number of hydrogen-bond acceptors (Lipinski definition) is 4. The van der Waals surface area contributed by atoms with Gasteiger partial charge >= 0.3 is 0 Å². The molecule has 2 aromatic heterocycles. The summed E-state index contributed by atoms with van der Waals surface area (Å²) in [7, 11) is 0. The predicted molar refractivity (Wildman–Crippen MR) is 184 cm³/mol. The van der Waals surface area contributed by atoms with Crippen LogP contribution in [0.2, 0.25) is 0 Å². The summed E-state index contributed by atoms with van der Waals surface area (Å²) < 4.78 is 6.88. The van der Waals surface area contributed by atoms with Crippen LogP contribution in [0.1, 0.15) is 0 Å². The Morgan fingerprint density at radius 1 is 0.356 bits per heavy atom. The second-order valence-corrected chi connectivity index (χ2v) is 11.2. The fraction of sp³-hybridized carbons (Fsp3) is 0. The first-order valence-electron chi connectivity index (χ1n) is 15.0. The van der Waals surface area contributed by atoms with Gasteiger partial charge in [0.15, 0.2) is 17.5 Å². The van der Waals surface area contributed by atoms with Gasteiger partial charge in [0.25, 0.3) is 0 Å². The molecule has 4 nitrogen and oxygen atoms in total. The number of aromatic nitrogens is 3. The SMILES string of the molecule is c1ccc(-c2nc(-c3ccc4ccccc4c3)nc(-c3cccc4c3oc3c(-c5ccccc5)c5ccccc5cc34)n2)cc1. The summed E-state index contributed by atoms with van der Waals surface area (Å²) in [6, 6.07) is 52.2. The first-order chi connectivity index (χ1) is 22.3. The van der Waals surface area contributed by atoms with Crippen LogP contribution in [0, 0.1) is 0 Å². The Morgan fingerprint density at radius 2 is 0.978 bits per heavy atom. The van der Waals surface area contributed by atoms with E-state index in [2.05, 4.69) is 109 Å². The first-order valence-corrected chi connectivity index (χ1v) is 15.0. The Bertz CT molecular complexity index is 2540. The summed E-state index contributed by atoms with van der Waals surface area (Å²) in [6.07, 6.45) is 0. The average Bonchev–Trinajstić information content (AvgIpc) is 3.49. The maximum absolute atomic E-state index is 6.88. The van der Waals surface area contributed by atoms with Gasteiger partial charge in [-0.2, -0.15) is 0 Å². The second-order valence-electron chi connectivity index (χ2n) is 11.2. The van der Waals surface area contributed by atoms with Crippen LogP contribution < -0.4 is 0 Å². The van der Waals surface area contributed by atoms with Crippen LogP contribution in [0.4, 0.5) is 0 Å². The Kier molecular flexibility index (Phi) is 5.78. The molecule has 0 aliphatic heterocycles. The minimum absolute atomic E-state index is 0.572. The third kappa shape index (κ3) is 4.27. The molecule has 0 bridgehead atoms. The molecule has 0 aliphatic rings. The highest BCUT2D eigenvalue weighted by Gasteiger charge is 2.21. The van der Waals surface area contributed by atoms with Gasteiger partial charge in [0.2, 0.25) is 0 Å². The Morgan fingerprint density at radius 3 is 1.78 bits per heavy atom. The Balaban J connectivity index is 1.32. The van der Waals surface area contributed by atoms with E-state index in [1.165, 1.54) is 10.8 Å². The number of nitrogens with zero attached hydrogens (tertiary/aromatic N) is 3. The molecule has 0 fully saturated rings. The predicted octanol–water partition coefficient (Wildman–Crippen LogP) is 10.7. The lowest BCUT2D eigenvalue weighted by Crippen LogP contribution is -2.00. The van der Waals surface area contributed by atoms with Gasteiger partial charge in [-0.15, -0.1) is 0 Å². The van der Waals surface area contributed by atoms with Gasteiger partial charge < -0.3 is 4.42 Å². The van der Waals surface area contributed by atoms with Crippen molar-refractivity contribution in [3.63, 3.8) is 0 Å². The molecule has 0 unspecified atom stereocenters. The smallest absolute Gasteiger partial charge is 0.167 e. The summed E-state index contributed by atoms with van der Waals surface area (Å²) in [5.74, 6) is 1.81. The van der Waals surface area contributed by atoms with Crippen molar-refractivity contribution in [2.75, 3.05) is 0 Å². The highest BCUT2D eigenvalue weighted by Crippen LogP contribution is 2.43. The summed E-state index contributed by atoms with van der Waals surface area (Å²) in [4.78, 5) is 15.1. The molecule has 210 valence electrons. The third-order valence-corrected chi connectivity index (χ3v) is 8.49. The van der Waals surface area contributed by atoms with Crippen LogP contribution in [0.25, 0.3) is 88.8 Å². The summed E-state index contributed by atoms with van der Waals surface area (Å²) in [5.41, 5.74) is 6.51. The monoisotopic (exact) mass is 575 g/mol. The van der Waals surface area contributed by atoms with Gasteiger partial charge in [0.05, 0.1) is 5.56 Å². The first kappa shape index (κ1) is 25.4. The fourth-order valence-corrected chi connectivity index (χ4v) is 6.33. The van der Waals surface area contributed by atoms with Crippen LogP contribution >= 0.6 is 0 Å². The molecular weight excluding hydrogens is 550 g/mol. The van der Waals surface area contributed by atoms with E-state index in [0.717, 1.165) is 60.5 Å². The minimum atomic E-state index is 0.572. The highest BCUT2D eigenvalue weighted by molar-refractivity contribution is 6.19. The number of hydrogen-bond donors (Lipinski definition) is 0. The second kappa shape index (κ2) is 10.2. The average molecular weight is 576 g/mol. The molecule has 0 N–H and O–H groups in total. The van der Waals surface area contributed by atoms with E-state index in [-0.39, 0.29) is 0 Å². The van der Waals surface area contributed by atoms with Crippen LogP contribution in [0.5, 0.6) is 0 Å². The molecule has 45 heavy (non-hydrogen) atoms. The highest BCUT2D eigenvalue weighted by atomic mass is 16.3. The lowest BCUT2D eigenvalue weighted by molar-refractivity contribution is 0.671. The topological polar surface area (TPSA) is 51.8 Å². The maximum Gasteiger partial charge on any atom is 0.167 e. The van der Waals surface area contributed by atoms with Gasteiger partial charge in [-0.25, -0.2) is 15.0 Å². The van der Waals surface area contributed by atoms with Gasteiger partial charge in [-0.05, 0) is 45.3 Å². The van der Waals surface area contributed by atoms with Crippen molar-refractivity contribution in [1.82, 2.24) is 15.0 Å². The molecule has 2 heterocycles. The number of rotatable bonds is 4. The molecule has 0 aliphatic carbocycles. The molecule has 9 rings (SSSR count). The largest absolute Gasteiger partial charge is 0.455 e. The summed E-state index contributed by atoms with van der Waals surface area (Å²) in [5, 5.41) is 6.73.